The molecule has 0 atom stereocenters. The summed E-state index contributed by atoms with van der Waals surface area (Å²) in [4.78, 5) is 9.32. The first kappa shape index (κ1) is 9.81. The largest absolute Gasteiger partial charge is 0.331 e. The second-order valence-corrected chi connectivity index (χ2v) is 4.44. The van der Waals surface area contributed by atoms with Gasteiger partial charge in [-0.25, -0.2) is 10.9 Å². The first-order valence-electron chi connectivity index (χ1n) is 5.56. The molecule has 3 rings (SSSR count). The summed E-state index contributed by atoms with van der Waals surface area (Å²) in [5.41, 5.74) is 3.29. The van der Waals surface area contributed by atoms with Crippen molar-refractivity contribution in [3.8, 4) is 0 Å². The van der Waals surface area contributed by atoms with E-state index in [2.05, 4.69) is 27.5 Å². The van der Waals surface area contributed by atoms with Crippen molar-refractivity contribution >= 4 is 11.0 Å². The number of benzene rings is 1. The molecule has 4 nitrogen and oxygen atoms in total. The SMILES string of the molecule is Cn1c(C2CC2)nc2cc(CON)ccc21. The highest BCUT2D eigenvalue weighted by Gasteiger charge is 2.28. The van der Waals surface area contributed by atoms with E-state index in [-0.39, 0.29) is 0 Å². The summed E-state index contributed by atoms with van der Waals surface area (Å²) in [7, 11) is 2.09. The summed E-state index contributed by atoms with van der Waals surface area (Å²) in [6.45, 7) is 0.436. The van der Waals surface area contributed by atoms with Crippen molar-refractivity contribution < 1.29 is 4.84 Å². The van der Waals surface area contributed by atoms with Crippen molar-refractivity contribution in [1.29, 1.82) is 0 Å². The van der Waals surface area contributed by atoms with Gasteiger partial charge < -0.3 is 4.57 Å². The van der Waals surface area contributed by atoms with E-state index in [1.807, 2.05) is 12.1 Å². The zero-order chi connectivity index (χ0) is 11.1. The monoisotopic (exact) mass is 217 g/mol. The second kappa shape index (κ2) is 3.57. The van der Waals surface area contributed by atoms with Gasteiger partial charge in [-0.3, -0.25) is 4.84 Å². The average molecular weight is 217 g/mol. The smallest absolute Gasteiger partial charge is 0.112 e. The number of imidazole rings is 1. The van der Waals surface area contributed by atoms with E-state index in [4.69, 9.17) is 5.90 Å². The molecule has 1 fully saturated rings. The Bertz CT molecular complexity index is 528. The van der Waals surface area contributed by atoms with Crippen LogP contribution in [0.3, 0.4) is 0 Å². The van der Waals surface area contributed by atoms with Crippen LogP contribution in [0, 0.1) is 0 Å². The van der Waals surface area contributed by atoms with E-state index in [0.717, 1.165) is 11.1 Å². The molecule has 4 heteroatoms. The number of hydrogen-bond donors (Lipinski definition) is 1. The van der Waals surface area contributed by atoms with Crippen molar-refractivity contribution in [2.45, 2.75) is 25.4 Å². The molecule has 0 unspecified atom stereocenters. The first-order chi connectivity index (χ1) is 7.79. The van der Waals surface area contributed by atoms with E-state index < -0.39 is 0 Å². The van der Waals surface area contributed by atoms with Crippen molar-refractivity contribution in [2.24, 2.45) is 12.9 Å². The summed E-state index contributed by atoms with van der Waals surface area (Å²) < 4.78 is 2.19. The molecule has 0 saturated heterocycles. The molecule has 84 valence electrons. The summed E-state index contributed by atoms with van der Waals surface area (Å²) in [6.07, 6.45) is 2.55. The van der Waals surface area contributed by atoms with E-state index in [1.165, 1.54) is 24.2 Å². The van der Waals surface area contributed by atoms with Gasteiger partial charge >= 0.3 is 0 Å². The van der Waals surface area contributed by atoms with Crippen LogP contribution in [0.1, 0.15) is 30.1 Å². The molecule has 0 bridgehead atoms. The molecule has 0 spiro atoms. The first-order valence-corrected chi connectivity index (χ1v) is 5.56. The highest BCUT2D eigenvalue weighted by atomic mass is 16.6. The molecule has 1 heterocycles. The normalized spacial score (nSPS) is 15.9. The van der Waals surface area contributed by atoms with Crippen molar-refractivity contribution in [3.63, 3.8) is 0 Å². The number of fused-ring (bicyclic) bond motifs is 1. The van der Waals surface area contributed by atoms with Crippen LogP contribution in [0.5, 0.6) is 0 Å². The number of nitrogens with two attached hydrogens (primary N) is 1. The molecular formula is C12H15N3O. The molecule has 0 radical (unpaired) electrons. The summed E-state index contributed by atoms with van der Waals surface area (Å²) in [6, 6.07) is 6.17. The lowest BCUT2D eigenvalue weighted by atomic mass is 10.2. The van der Waals surface area contributed by atoms with Crippen LogP contribution in [0.4, 0.5) is 0 Å². The Hall–Kier alpha value is -1.39. The minimum atomic E-state index is 0.436. The third kappa shape index (κ3) is 1.50. The molecule has 1 aliphatic rings. The van der Waals surface area contributed by atoms with Gasteiger partial charge in [-0.15, -0.1) is 0 Å². The van der Waals surface area contributed by atoms with Gasteiger partial charge in [0.2, 0.25) is 0 Å². The molecule has 1 aromatic heterocycles. The molecule has 0 amide bonds. The molecule has 16 heavy (non-hydrogen) atoms. The third-order valence-electron chi connectivity index (χ3n) is 3.17. The van der Waals surface area contributed by atoms with Crippen LogP contribution in [-0.4, -0.2) is 9.55 Å². The fourth-order valence-corrected chi connectivity index (χ4v) is 2.16. The van der Waals surface area contributed by atoms with Gasteiger partial charge in [0, 0.05) is 13.0 Å². The number of rotatable bonds is 3. The predicted octanol–water partition coefficient (Wildman–Crippen LogP) is 1.84. The second-order valence-electron chi connectivity index (χ2n) is 4.44. The van der Waals surface area contributed by atoms with Crippen LogP contribution in [0.25, 0.3) is 11.0 Å². The van der Waals surface area contributed by atoms with Crippen LogP contribution in [0.15, 0.2) is 18.2 Å². The number of hydrogen-bond acceptors (Lipinski definition) is 3. The zero-order valence-corrected chi connectivity index (χ0v) is 9.31. The summed E-state index contributed by atoms with van der Waals surface area (Å²) >= 11 is 0. The fraction of sp³-hybridized carbons (Fsp3) is 0.417. The van der Waals surface area contributed by atoms with Gasteiger partial charge in [0.15, 0.2) is 0 Å². The Balaban J connectivity index is 2.09. The minimum absolute atomic E-state index is 0.436. The maximum absolute atomic E-state index is 5.07. The standard InChI is InChI=1S/C12H15N3O/c1-15-11-5-2-8(7-16-13)6-10(11)14-12(15)9-3-4-9/h2,5-6,9H,3-4,7,13H2,1H3. The highest BCUT2D eigenvalue weighted by molar-refractivity contribution is 5.77. The van der Waals surface area contributed by atoms with Crippen LogP contribution < -0.4 is 5.90 Å². The van der Waals surface area contributed by atoms with Gasteiger partial charge in [0.25, 0.3) is 0 Å². The maximum Gasteiger partial charge on any atom is 0.112 e. The Morgan fingerprint density at radius 2 is 2.31 bits per heavy atom. The molecule has 1 aromatic carbocycles. The number of aromatic nitrogens is 2. The third-order valence-corrected chi connectivity index (χ3v) is 3.17. The lowest BCUT2D eigenvalue weighted by Crippen LogP contribution is -1.98. The lowest BCUT2D eigenvalue weighted by molar-refractivity contribution is 0.124. The summed E-state index contributed by atoms with van der Waals surface area (Å²) in [5.74, 6) is 6.95. The van der Waals surface area contributed by atoms with E-state index >= 15 is 0 Å². The van der Waals surface area contributed by atoms with E-state index in [1.54, 1.807) is 0 Å². The molecule has 2 aromatic rings. The Morgan fingerprint density at radius 3 is 3.00 bits per heavy atom. The van der Waals surface area contributed by atoms with Crippen LogP contribution in [-0.2, 0) is 18.5 Å². The van der Waals surface area contributed by atoms with E-state index in [9.17, 15) is 0 Å². The van der Waals surface area contributed by atoms with Crippen LogP contribution in [0.2, 0.25) is 0 Å². The number of aryl methyl sites for hydroxylation is 1. The van der Waals surface area contributed by atoms with Gasteiger partial charge in [-0.1, -0.05) is 6.07 Å². The van der Waals surface area contributed by atoms with Gasteiger partial charge in [0.1, 0.15) is 5.82 Å². The van der Waals surface area contributed by atoms with Gasteiger partial charge in [0.05, 0.1) is 17.6 Å². The van der Waals surface area contributed by atoms with Crippen molar-refractivity contribution in [2.75, 3.05) is 0 Å². The molecule has 0 aliphatic heterocycles. The molecular weight excluding hydrogens is 202 g/mol. The minimum Gasteiger partial charge on any atom is -0.331 e. The predicted molar refractivity (Wildman–Crippen MR) is 61.7 cm³/mol. The van der Waals surface area contributed by atoms with Crippen LogP contribution >= 0.6 is 0 Å². The quantitative estimate of drug-likeness (QED) is 0.798. The van der Waals surface area contributed by atoms with Gasteiger partial charge in [-0.05, 0) is 30.5 Å². The Labute approximate surface area is 94.0 Å². The average Bonchev–Trinajstić information content (AvgIpc) is 3.06. The van der Waals surface area contributed by atoms with Crippen molar-refractivity contribution in [1.82, 2.24) is 9.55 Å². The topological polar surface area (TPSA) is 53.1 Å². The number of nitrogens with zero attached hydrogens (tertiary/aromatic N) is 2. The molecule has 1 saturated carbocycles. The highest BCUT2D eigenvalue weighted by Crippen LogP contribution is 2.40. The fourth-order valence-electron chi connectivity index (χ4n) is 2.16. The van der Waals surface area contributed by atoms with Gasteiger partial charge in [-0.2, -0.15) is 0 Å². The lowest BCUT2D eigenvalue weighted by Gasteiger charge is -2.00. The zero-order valence-electron chi connectivity index (χ0n) is 9.31. The summed E-state index contributed by atoms with van der Waals surface area (Å²) in [5, 5.41) is 0. The molecule has 2 N–H and O–H groups in total. The molecule has 1 aliphatic carbocycles. The van der Waals surface area contributed by atoms with E-state index in [0.29, 0.717) is 12.5 Å². The Kier molecular flexibility index (Phi) is 2.19. The van der Waals surface area contributed by atoms with Crippen molar-refractivity contribution in [3.05, 3.63) is 29.6 Å². The Morgan fingerprint density at radius 1 is 1.50 bits per heavy atom. The maximum atomic E-state index is 5.07.